The molecule has 0 bridgehead atoms. The van der Waals surface area contributed by atoms with Crippen molar-refractivity contribution in [3.05, 3.63) is 24.7 Å². The van der Waals surface area contributed by atoms with E-state index in [1.54, 1.807) is 24.7 Å². The van der Waals surface area contributed by atoms with E-state index in [-0.39, 0.29) is 31.8 Å². The summed E-state index contributed by atoms with van der Waals surface area (Å²) in [5, 5.41) is 19.5. The lowest BCUT2D eigenvalue weighted by Crippen LogP contribution is -2.29. The molecule has 4 unspecified atom stereocenters. The van der Waals surface area contributed by atoms with Crippen LogP contribution in [0.15, 0.2) is 24.7 Å². The topological polar surface area (TPSA) is 77.4 Å². The lowest BCUT2D eigenvalue weighted by atomic mass is 10.2. The Bertz CT molecular complexity index is 286. The van der Waals surface area contributed by atoms with Gasteiger partial charge in [0.1, 0.15) is 25.4 Å². The quantitative estimate of drug-likeness (QED) is 0.645. The highest BCUT2D eigenvalue weighted by molar-refractivity contribution is 4.91. The smallest absolute Gasteiger partial charge is 0.117 e. The third-order valence-corrected chi connectivity index (χ3v) is 2.85. The van der Waals surface area contributed by atoms with Crippen LogP contribution in [0.5, 0.6) is 0 Å². The standard InChI is InChI=1S/C13H20O6/c14-10(6-18-12-1-3-16-8-12)5-11(15)7-19-13-2-4-17-9-13/h1-4,10-15H,5-9H2. The molecule has 0 aromatic carbocycles. The number of aliphatic hydroxyl groups is 2. The Morgan fingerprint density at radius 2 is 1.42 bits per heavy atom. The second-order valence-electron chi connectivity index (χ2n) is 4.61. The molecule has 0 aromatic rings. The van der Waals surface area contributed by atoms with Crippen molar-refractivity contribution >= 4 is 0 Å². The zero-order valence-electron chi connectivity index (χ0n) is 10.7. The Kier molecular flexibility index (Phi) is 5.65. The average molecular weight is 272 g/mol. The molecule has 0 amide bonds. The maximum absolute atomic E-state index is 9.73. The Morgan fingerprint density at radius 1 is 0.947 bits per heavy atom. The molecule has 2 N–H and O–H groups in total. The number of rotatable bonds is 8. The van der Waals surface area contributed by atoms with Gasteiger partial charge in [0, 0.05) is 6.42 Å². The van der Waals surface area contributed by atoms with Crippen molar-refractivity contribution in [2.75, 3.05) is 26.4 Å². The first kappa shape index (κ1) is 14.3. The van der Waals surface area contributed by atoms with E-state index >= 15 is 0 Å². The van der Waals surface area contributed by atoms with E-state index in [1.807, 2.05) is 0 Å². The van der Waals surface area contributed by atoms with E-state index in [0.717, 1.165) is 0 Å². The van der Waals surface area contributed by atoms with Gasteiger partial charge in [0.2, 0.25) is 0 Å². The molecule has 0 saturated carbocycles. The van der Waals surface area contributed by atoms with E-state index in [4.69, 9.17) is 18.9 Å². The average Bonchev–Trinajstić information content (AvgIpc) is 3.07. The van der Waals surface area contributed by atoms with Crippen LogP contribution >= 0.6 is 0 Å². The van der Waals surface area contributed by atoms with Gasteiger partial charge < -0.3 is 29.2 Å². The monoisotopic (exact) mass is 272 g/mol. The van der Waals surface area contributed by atoms with Gasteiger partial charge in [-0.3, -0.25) is 0 Å². The van der Waals surface area contributed by atoms with Crippen molar-refractivity contribution in [3.8, 4) is 0 Å². The van der Waals surface area contributed by atoms with Crippen LogP contribution in [0.2, 0.25) is 0 Å². The van der Waals surface area contributed by atoms with Gasteiger partial charge in [0.15, 0.2) is 0 Å². The van der Waals surface area contributed by atoms with Crippen LogP contribution in [0.1, 0.15) is 6.42 Å². The van der Waals surface area contributed by atoms with Crippen molar-refractivity contribution in [2.45, 2.75) is 30.8 Å². The summed E-state index contributed by atoms with van der Waals surface area (Å²) in [6, 6.07) is 0. The molecular weight excluding hydrogens is 252 g/mol. The maximum Gasteiger partial charge on any atom is 0.117 e. The molecule has 4 atom stereocenters. The second kappa shape index (κ2) is 7.49. The number of hydrogen-bond acceptors (Lipinski definition) is 6. The Hall–Kier alpha value is -1.08. The molecule has 0 aromatic heterocycles. The largest absolute Gasteiger partial charge is 0.498 e. The Morgan fingerprint density at radius 3 is 1.79 bits per heavy atom. The van der Waals surface area contributed by atoms with Crippen LogP contribution in [0, 0.1) is 0 Å². The van der Waals surface area contributed by atoms with E-state index in [9.17, 15) is 10.2 Å². The zero-order valence-corrected chi connectivity index (χ0v) is 10.7. The summed E-state index contributed by atoms with van der Waals surface area (Å²) < 4.78 is 20.8. The highest BCUT2D eigenvalue weighted by Gasteiger charge is 2.18. The van der Waals surface area contributed by atoms with Crippen molar-refractivity contribution in [1.29, 1.82) is 0 Å². The van der Waals surface area contributed by atoms with Crippen LogP contribution in [-0.2, 0) is 18.9 Å². The number of aliphatic hydroxyl groups excluding tert-OH is 2. The Balaban J connectivity index is 1.54. The molecule has 0 saturated heterocycles. The molecule has 2 heterocycles. The highest BCUT2D eigenvalue weighted by Crippen LogP contribution is 2.09. The summed E-state index contributed by atoms with van der Waals surface area (Å²) >= 11 is 0. The molecule has 0 radical (unpaired) electrons. The van der Waals surface area contributed by atoms with E-state index in [2.05, 4.69) is 0 Å². The second-order valence-corrected chi connectivity index (χ2v) is 4.61. The van der Waals surface area contributed by atoms with Gasteiger partial charge >= 0.3 is 0 Å². The molecule has 6 heteroatoms. The first-order valence-corrected chi connectivity index (χ1v) is 6.40. The number of hydrogen-bond donors (Lipinski definition) is 2. The molecule has 0 aliphatic carbocycles. The normalized spacial score (nSPS) is 28.1. The summed E-state index contributed by atoms with van der Waals surface area (Å²) in [6.07, 6.45) is 5.30. The van der Waals surface area contributed by atoms with Crippen LogP contribution in [-0.4, -0.2) is 61.1 Å². The summed E-state index contributed by atoms with van der Waals surface area (Å²) in [6.45, 7) is 1.29. The van der Waals surface area contributed by atoms with Crippen molar-refractivity contribution < 1.29 is 29.2 Å². The predicted molar refractivity (Wildman–Crippen MR) is 66.3 cm³/mol. The van der Waals surface area contributed by atoms with Gasteiger partial charge in [-0.2, -0.15) is 0 Å². The lowest BCUT2D eigenvalue weighted by Gasteiger charge is -2.18. The van der Waals surface area contributed by atoms with Crippen LogP contribution in [0.25, 0.3) is 0 Å². The Labute approximate surface area is 112 Å². The highest BCUT2D eigenvalue weighted by atomic mass is 16.5. The van der Waals surface area contributed by atoms with Gasteiger partial charge in [0.05, 0.1) is 37.9 Å². The fourth-order valence-electron chi connectivity index (χ4n) is 1.83. The molecule has 2 aliphatic rings. The number of ether oxygens (including phenoxy) is 4. The van der Waals surface area contributed by atoms with E-state index in [0.29, 0.717) is 13.2 Å². The van der Waals surface area contributed by atoms with Crippen LogP contribution in [0.3, 0.4) is 0 Å². The molecule has 108 valence electrons. The first-order valence-electron chi connectivity index (χ1n) is 6.40. The fraction of sp³-hybridized carbons (Fsp3) is 0.692. The van der Waals surface area contributed by atoms with Crippen molar-refractivity contribution in [3.63, 3.8) is 0 Å². The minimum Gasteiger partial charge on any atom is -0.498 e. The molecule has 0 spiro atoms. The minimum atomic E-state index is -0.719. The van der Waals surface area contributed by atoms with Crippen molar-refractivity contribution in [2.24, 2.45) is 0 Å². The zero-order chi connectivity index (χ0) is 13.5. The van der Waals surface area contributed by atoms with Crippen LogP contribution < -0.4 is 0 Å². The third kappa shape index (κ3) is 5.20. The van der Waals surface area contributed by atoms with Gasteiger partial charge in [-0.15, -0.1) is 0 Å². The molecule has 2 aliphatic heterocycles. The summed E-state index contributed by atoms with van der Waals surface area (Å²) in [5.41, 5.74) is 0. The SMILES string of the molecule is OC(COC1C=COC1)CC(O)COC1C=COC1. The maximum atomic E-state index is 9.73. The minimum absolute atomic E-state index is 0.108. The molecule has 2 rings (SSSR count). The van der Waals surface area contributed by atoms with Gasteiger partial charge in [-0.1, -0.05) is 0 Å². The molecule has 0 fully saturated rings. The van der Waals surface area contributed by atoms with Gasteiger partial charge in [0.25, 0.3) is 0 Å². The van der Waals surface area contributed by atoms with Crippen LogP contribution in [0.4, 0.5) is 0 Å². The van der Waals surface area contributed by atoms with Gasteiger partial charge in [-0.25, -0.2) is 0 Å². The van der Waals surface area contributed by atoms with E-state index in [1.165, 1.54) is 0 Å². The molecule has 6 nitrogen and oxygen atoms in total. The predicted octanol–water partition coefficient (Wildman–Crippen LogP) is -0.0435. The van der Waals surface area contributed by atoms with E-state index < -0.39 is 12.2 Å². The lowest BCUT2D eigenvalue weighted by molar-refractivity contribution is -0.0465. The first-order chi connectivity index (χ1) is 9.24. The van der Waals surface area contributed by atoms with Crippen molar-refractivity contribution in [1.82, 2.24) is 0 Å². The fourth-order valence-corrected chi connectivity index (χ4v) is 1.83. The third-order valence-electron chi connectivity index (χ3n) is 2.85. The summed E-state index contributed by atoms with van der Waals surface area (Å²) in [4.78, 5) is 0. The summed E-state index contributed by atoms with van der Waals surface area (Å²) in [5.74, 6) is 0. The van der Waals surface area contributed by atoms with Gasteiger partial charge in [-0.05, 0) is 12.2 Å². The molecule has 19 heavy (non-hydrogen) atoms. The molecular formula is C13H20O6. The summed E-state index contributed by atoms with van der Waals surface area (Å²) in [7, 11) is 0.